The summed E-state index contributed by atoms with van der Waals surface area (Å²) in [6, 6.07) is 8.68. The van der Waals surface area contributed by atoms with Crippen LogP contribution in [0.5, 0.6) is 6.01 Å². The van der Waals surface area contributed by atoms with Gasteiger partial charge in [0.05, 0.1) is 30.1 Å². The minimum Gasteiger partial charge on any atom is -0.461 e. The molecule has 2 aromatic carbocycles. The Hall–Kier alpha value is -4.00. The first-order valence-electron chi connectivity index (χ1n) is 16.6. The number of hydrogen-bond acceptors (Lipinski definition) is 9. The number of rotatable bonds is 1. The van der Waals surface area contributed by atoms with Crippen LogP contribution in [0.3, 0.4) is 0 Å². The van der Waals surface area contributed by atoms with Crippen molar-refractivity contribution in [1.82, 2.24) is 30.1 Å². The number of carbonyl (C=O) groups excluding carboxylic acids is 1. The van der Waals surface area contributed by atoms with Gasteiger partial charge in [0.1, 0.15) is 29.5 Å². The van der Waals surface area contributed by atoms with E-state index < -0.39 is 5.82 Å². The Morgan fingerprint density at radius 3 is 2.87 bits per heavy atom. The minimum atomic E-state index is -0.606. The van der Waals surface area contributed by atoms with E-state index in [4.69, 9.17) is 14.5 Å². The molecule has 0 saturated carbocycles. The van der Waals surface area contributed by atoms with Gasteiger partial charge in [-0.25, -0.2) is 8.78 Å². The number of amides is 1. The molecule has 1 spiro atoms. The van der Waals surface area contributed by atoms with Gasteiger partial charge in [-0.1, -0.05) is 24.3 Å². The Labute approximate surface area is 272 Å². The molecule has 12 heteroatoms. The Kier molecular flexibility index (Phi) is 7.69. The number of aromatic nitrogens is 3. The van der Waals surface area contributed by atoms with E-state index in [0.29, 0.717) is 73.5 Å². The average molecular weight is 644 g/mol. The van der Waals surface area contributed by atoms with Crippen molar-refractivity contribution in [3.05, 3.63) is 53.7 Å². The lowest BCUT2D eigenvalue weighted by Crippen LogP contribution is -2.55. The summed E-state index contributed by atoms with van der Waals surface area (Å²) in [6.45, 7) is 6.51. The van der Waals surface area contributed by atoms with Gasteiger partial charge >= 0.3 is 6.01 Å². The molecule has 4 aliphatic rings. The van der Waals surface area contributed by atoms with Crippen LogP contribution < -0.4 is 15.0 Å². The number of benzene rings is 2. The number of halogens is 2. The van der Waals surface area contributed by atoms with Crippen LogP contribution in [0.25, 0.3) is 32.9 Å². The summed E-state index contributed by atoms with van der Waals surface area (Å²) in [7, 11) is 1.82. The molecule has 3 saturated heterocycles. The molecule has 6 heterocycles. The first-order valence-corrected chi connectivity index (χ1v) is 16.6. The zero-order valence-corrected chi connectivity index (χ0v) is 26.8. The number of carbonyl (C=O) groups is 1. The lowest BCUT2D eigenvalue weighted by atomic mass is 9.94. The molecule has 246 valence electrons. The van der Waals surface area contributed by atoms with Crippen molar-refractivity contribution in [1.29, 1.82) is 0 Å². The van der Waals surface area contributed by atoms with E-state index in [1.165, 1.54) is 6.07 Å². The largest absolute Gasteiger partial charge is 0.461 e. The van der Waals surface area contributed by atoms with Crippen molar-refractivity contribution in [2.24, 2.45) is 0 Å². The number of ether oxygens (including phenoxy) is 2. The van der Waals surface area contributed by atoms with Gasteiger partial charge in [-0.15, -0.1) is 0 Å². The third-order valence-corrected chi connectivity index (χ3v) is 10.5. The highest BCUT2D eigenvalue weighted by Gasteiger charge is 2.49. The zero-order valence-electron chi connectivity index (χ0n) is 26.8. The molecule has 0 radical (unpaired) electrons. The Morgan fingerprint density at radius 2 is 1.98 bits per heavy atom. The molecule has 1 amide bonds. The summed E-state index contributed by atoms with van der Waals surface area (Å²) >= 11 is 0. The molecule has 47 heavy (non-hydrogen) atoms. The van der Waals surface area contributed by atoms with Crippen molar-refractivity contribution in [3.8, 4) is 17.3 Å². The monoisotopic (exact) mass is 643 g/mol. The third kappa shape index (κ3) is 5.36. The van der Waals surface area contributed by atoms with Crippen LogP contribution in [0.2, 0.25) is 0 Å². The van der Waals surface area contributed by atoms with Gasteiger partial charge in [0.15, 0.2) is 5.82 Å². The van der Waals surface area contributed by atoms with Gasteiger partial charge in [0, 0.05) is 57.6 Å². The van der Waals surface area contributed by atoms with Gasteiger partial charge in [-0.05, 0) is 55.1 Å². The van der Waals surface area contributed by atoms with Gasteiger partial charge in [0.25, 0.3) is 0 Å². The van der Waals surface area contributed by atoms with Crippen LogP contribution in [0, 0.1) is 18.6 Å². The highest BCUT2D eigenvalue weighted by molar-refractivity contribution is 6.00. The molecule has 6 bridgehead atoms. The van der Waals surface area contributed by atoms with Crippen LogP contribution in [-0.4, -0.2) is 108 Å². The molecular formula is C35H39F2N7O3. The SMILES string of the molecule is Cc1c(F)ccc2cccc(-c3ncc4c5nc(nc4c3F)OCC34CCCN3CC(C4)OCCC(=O)N(C)CC3CN5CCN3)c12. The van der Waals surface area contributed by atoms with Crippen molar-refractivity contribution in [2.45, 2.75) is 50.3 Å². The summed E-state index contributed by atoms with van der Waals surface area (Å²) in [4.78, 5) is 33.5. The van der Waals surface area contributed by atoms with E-state index in [1.807, 2.05) is 19.2 Å². The Balaban J connectivity index is 1.25. The fourth-order valence-electron chi connectivity index (χ4n) is 8.10. The third-order valence-electron chi connectivity index (χ3n) is 10.5. The lowest BCUT2D eigenvalue weighted by Gasteiger charge is -2.36. The summed E-state index contributed by atoms with van der Waals surface area (Å²) in [5.74, 6) is -0.379. The molecule has 8 rings (SSSR count). The lowest BCUT2D eigenvalue weighted by molar-refractivity contribution is -0.131. The number of nitrogens with one attached hydrogen (secondary N) is 1. The number of piperazine rings is 1. The summed E-state index contributed by atoms with van der Waals surface area (Å²) in [5.41, 5.74) is 0.907. The zero-order chi connectivity index (χ0) is 32.3. The number of fused-ring (bicyclic) bond motifs is 9. The average Bonchev–Trinajstić information content (AvgIpc) is 3.62. The summed E-state index contributed by atoms with van der Waals surface area (Å²) in [6.07, 6.45) is 4.75. The fraction of sp³-hybridized carbons (Fsp3) is 0.486. The number of likely N-dealkylation sites (N-methyl/N-ethyl adjacent to an activating group) is 1. The molecule has 3 atom stereocenters. The fourth-order valence-corrected chi connectivity index (χ4v) is 8.10. The molecule has 3 fully saturated rings. The van der Waals surface area contributed by atoms with E-state index in [9.17, 15) is 9.18 Å². The summed E-state index contributed by atoms with van der Waals surface area (Å²) in [5, 5.41) is 5.40. The number of aryl methyl sites for hydroxylation is 1. The molecule has 4 aliphatic heterocycles. The second-order valence-corrected chi connectivity index (χ2v) is 13.5. The topological polar surface area (TPSA) is 95.9 Å². The van der Waals surface area contributed by atoms with E-state index in [1.54, 1.807) is 30.2 Å². The van der Waals surface area contributed by atoms with Crippen LogP contribution in [0.1, 0.15) is 31.2 Å². The van der Waals surface area contributed by atoms with Crippen LogP contribution in [0.4, 0.5) is 14.6 Å². The van der Waals surface area contributed by atoms with Crippen molar-refractivity contribution < 1.29 is 23.0 Å². The van der Waals surface area contributed by atoms with Crippen LogP contribution >= 0.6 is 0 Å². The van der Waals surface area contributed by atoms with Crippen molar-refractivity contribution in [3.63, 3.8) is 0 Å². The summed E-state index contributed by atoms with van der Waals surface area (Å²) < 4.78 is 44.2. The quantitative estimate of drug-likeness (QED) is 0.329. The highest BCUT2D eigenvalue weighted by atomic mass is 19.1. The van der Waals surface area contributed by atoms with Gasteiger partial charge in [0.2, 0.25) is 5.91 Å². The first kappa shape index (κ1) is 30.3. The highest BCUT2D eigenvalue weighted by Crippen LogP contribution is 2.41. The molecule has 2 aromatic heterocycles. The van der Waals surface area contributed by atoms with E-state index in [-0.39, 0.29) is 46.6 Å². The maximum absolute atomic E-state index is 16.8. The normalized spacial score (nSPS) is 25.7. The smallest absolute Gasteiger partial charge is 0.319 e. The molecule has 3 unspecified atom stereocenters. The molecular weight excluding hydrogens is 604 g/mol. The second-order valence-electron chi connectivity index (χ2n) is 13.5. The predicted octanol–water partition coefficient (Wildman–Crippen LogP) is 4.07. The Morgan fingerprint density at radius 1 is 1.09 bits per heavy atom. The maximum atomic E-state index is 16.8. The molecule has 10 nitrogen and oxygen atoms in total. The molecule has 1 N–H and O–H groups in total. The van der Waals surface area contributed by atoms with Crippen LogP contribution in [-0.2, 0) is 9.53 Å². The number of hydrogen-bond donors (Lipinski definition) is 1. The van der Waals surface area contributed by atoms with Crippen LogP contribution in [0.15, 0.2) is 36.5 Å². The van der Waals surface area contributed by atoms with Crippen molar-refractivity contribution in [2.75, 3.05) is 64.4 Å². The number of pyridine rings is 1. The first-order chi connectivity index (χ1) is 22.8. The minimum absolute atomic E-state index is 0.00725. The van der Waals surface area contributed by atoms with Gasteiger partial charge in [-0.3, -0.25) is 14.7 Å². The molecule has 0 aliphatic carbocycles. The Bertz CT molecular complexity index is 1870. The standard InChI is InChI=1S/C35H39F2N7O3/c1-21-27(36)8-7-22-5-3-6-25(29(21)22)31-30(37)32-26(16-39-31)33-41-34(40-32)47-20-35-10-4-12-44(35)19-24(15-35)46-14-9-28(45)42(2)17-23-18-43(33)13-11-38-23/h3,5-8,16,23-24,38H,4,9-15,17-20H2,1-2H3. The van der Waals surface area contributed by atoms with E-state index in [2.05, 4.69) is 25.1 Å². The van der Waals surface area contributed by atoms with Gasteiger partial charge in [-0.2, -0.15) is 9.97 Å². The van der Waals surface area contributed by atoms with Crippen molar-refractivity contribution >= 4 is 33.4 Å². The van der Waals surface area contributed by atoms with E-state index >= 15 is 4.39 Å². The predicted molar refractivity (Wildman–Crippen MR) is 175 cm³/mol. The van der Waals surface area contributed by atoms with Gasteiger partial charge < -0.3 is 24.6 Å². The second kappa shape index (κ2) is 11.9. The van der Waals surface area contributed by atoms with E-state index in [0.717, 1.165) is 37.7 Å². The number of nitrogens with zero attached hydrogens (tertiary/aromatic N) is 6. The number of anilines is 1. The molecule has 4 aromatic rings. The maximum Gasteiger partial charge on any atom is 0.319 e.